The molecule has 86 valence electrons. The highest BCUT2D eigenvalue weighted by Crippen LogP contribution is 2.03. The maximum Gasteiger partial charge on any atom is 0.251 e. The van der Waals surface area contributed by atoms with Gasteiger partial charge in [0.2, 0.25) is 0 Å². The zero-order valence-electron chi connectivity index (χ0n) is 8.75. The minimum atomic E-state index is -0.293. The molecular weight excluding hydrogens is 222 g/mol. The molecule has 0 aliphatic carbocycles. The van der Waals surface area contributed by atoms with Crippen LogP contribution in [0.2, 0.25) is 0 Å². The average Bonchev–Trinajstić information content (AvgIpc) is 2.89. The van der Waals surface area contributed by atoms with Gasteiger partial charge in [-0.2, -0.15) is 5.21 Å². The Hall–Kier alpha value is -2.57. The van der Waals surface area contributed by atoms with Crippen LogP contribution >= 0.6 is 0 Å². The molecule has 17 heavy (non-hydrogen) atoms. The minimum Gasteiger partial charge on any atom is -0.345 e. The Morgan fingerprint density at radius 2 is 2.35 bits per heavy atom. The van der Waals surface area contributed by atoms with Crippen molar-refractivity contribution < 1.29 is 9.59 Å². The van der Waals surface area contributed by atoms with E-state index >= 15 is 0 Å². The molecule has 0 aliphatic rings. The molecule has 0 spiro atoms. The third kappa shape index (κ3) is 2.71. The van der Waals surface area contributed by atoms with Crippen LogP contribution in [0.3, 0.4) is 0 Å². The van der Waals surface area contributed by atoms with Gasteiger partial charge in [0.05, 0.1) is 6.54 Å². The molecule has 0 unspecified atom stereocenters. The number of rotatable bonds is 4. The molecular formula is C10H9N5O2. The summed E-state index contributed by atoms with van der Waals surface area (Å²) in [6.45, 7) is 0.181. The number of tetrazole rings is 1. The summed E-state index contributed by atoms with van der Waals surface area (Å²) in [6.07, 6.45) is 0.690. The highest BCUT2D eigenvalue weighted by Gasteiger charge is 2.07. The van der Waals surface area contributed by atoms with E-state index in [9.17, 15) is 9.59 Å². The standard InChI is InChI=1S/C10H9N5O2/c16-6-7-2-1-3-8(4-7)10(17)11-5-9-12-14-15-13-9/h1-4,6H,5H2,(H,11,17)(H,12,13,14,15). The molecule has 0 radical (unpaired) electrons. The molecule has 0 aliphatic heterocycles. The van der Waals surface area contributed by atoms with Gasteiger partial charge < -0.3 is 5.32 Å². The van der Waals surface area contributed by atoms with E-state index in [0.717, 1.165) is 0 Å². The van der Waals surface area contributed by atoms with Crippen LogP contribution < -0.4 is 5.32 Å². The smallest absolute Gasteiger partial charge is 0.251 e. The number of nitrogens with zero attached hydrogens (tertiary/aromatic N) is 3. The Kier molecular flexibility index (Phi) is 3.20. The average molecular weight is 231 g/mol. The highest BCUT2D eigenvalue weighted by atomic mass is 16.1. The predicted molar refractivity (Wildman–Crippen MR) is 57.2 cm³/mol. The predicted octanol–water partition coefficient (Wildman–Crippen LogP) is -0.0578. The van der Waals surface area contributed by atoms with E-state index < -0.39 is 0 Å². The largest absolute Gasteiger partial charge is 0.345 e. The van der Waals surface area contributed by atoms with E-state index in [1.165, 1.54) is 6.07 Å². The second-order valence-corrected chi connectivity index (χ2v) is 3.25. The summed E-state index contributed by atoms with van der Waals surface area (Å²) in [7, 11) is 0. The number of hydrogen-bond donors (Lipinski definition) is 2. The summed E-state index contributed by atoms with van der Waals surface area (Å²) in [4.78, 5) is 22.3. The first kappa shape index (κ1) is 10.9. The third-order valence-corrected chi connectivity index (χ3v) is 2.08. The van der Waals surface area contributed by atoms with Gasteiger partial charge in [-0.3, -0.25) is 9.59 Å². The van der Waals surface area contributed by atoms with Gasteiger partial charge in [-0.15, -0.1) is 10.2 Å². The number of nitrogens with one attached hydrogen (secondary N) is 2. The lowest BCUT2D eigenvalue weighted by molar-refractivity contribution is 0.0950. The second-order valence-electron chi connectivity index (χ2n) is 3.25. The van der Waals surface area contributed by atoms with E-state index in [1.807, 2.05) is 0 Å². The molecule has 7 nitrogen and oxygen atoms in total. The number of carbonyl (C=O) groups excluding carboxylic acids is 2. The molecule has 1 amide bonds. The molecule has 2 N–H and O–H groups in total. The Bertz CT molecular complexity index is 523. The van der Waals surface area contributed by atoms with Crippen LogP contribution in [0.15, 0.2) is 24.3 Å². The summed E-state index contributed by atoms with van der Waals surface area (Å²) >= 11 is 0. The molecule has 1 aromatic carbocycles. The molecule has 0 bridgehead atoms. The first-order valence-electron chi connectivity index (χ1n) is 4.85. The fraction of sp³-hybridized carbons (Fsp3) is 0.100. The number of amides is 1. The van der Waals surface area contributed by atoms with Crippen LogP contribution in [0, 0.1) is 0 Å². The molecule has 1 aromatic heterocycles. The Morgan fingerprint density at radius 3 is 3.06 bits per heavy atom. The fourth-order valence-corrected chi connectivity index (χ4v) is 1.27. The van der Waals surface area contributed by atoms with Crippen molar-refractivity contribution in [3.05, 3.63) is 41.2 Å². The quantitative estimate of drug-likeness (QED) is 0.718. The lowest BCUT2D eigenvalue weighted by Gasteiger charge is -2.02. The molecule has 1 heterocycles. The van der Waals surface area contributed by atoms with Crippen molar-refractivity contribution >= 4 is 12.2 Å². The summed E-state index contributed by atoms with van der Waals surface area (Å²) in [5.41, 5.74) is 0.871. The zero-order chi connectivity index (χ0) is 12.1. The summed E-state index contributed by atoms with van der Waals surface area (Å²) in [6, 6.07) is 6.41. The molecule has 2 aromatic rings. The normalized spacial score (nSPS) is 9.88. The lowest BCUT2D eigenvalue weighted by Crippen LogP contribution is -2.23. The topological polar surface area (TPSA) is 101 Å². The van der Waals surface area contributed by atoms with E-state index in [2.05, 4.69) is 25.9 Å². The van der Waals surface area contributed by atoms with E-state index in [1.54, 1.807) is 18.2 Å². The fourth-order valence-electron chi connectivity index (χ4n) is 1.27. The number of hydrogen-bond acceptors (Lipinski definition) is 5. The number of carbonyl (C=O) groups is 2. The molecule has 2 rings (SSSR count). The number of benzene rings is 1. The number of H-pyrrole nitrogens is 1. The van der Waals surface area contributed by atoms with Crippen LogP contribution in [-0.4, -0.2) is 32.8 Å². The van der Waals surface area contributed by atoms with Gasteiger partial charge in [-0.25, -0.2) is 0 Å². The van der Waals surface area contributed by atoms with Crippen molar-refractivity contribution in [3.8, 4) is 0 Å². The van der Waals surface area contributed by atoms with Crippen molar-refractivity contribution in [2.45, 2.75) is 6.54 Å². The van der Waals surface area contributed by atoms with Crippen LogP contribution in [0.4, 0.5) is 0 Å². The second kappa shape index (κ2) is 4.97. The van der Waals surface area contributed by atoms with E-state index in [0.29, 0.717) is 23.2 Å². The van der Waals surface area contributed by atoms with Crippen LogP contribution in [0.1, 0.15) is 26.5 Å². The van der Waals surface area contributed by atoms with Gasteiger partial charge >= 0.3 is 0 Å². The Morgan fingerprint density at radius 1 is 1.47 bits per heavy atom. The number of aromatic nitrogens is 4. The molecule has 7 heteroatoms. The molecule has 0 fully saturated rings. The van der Waals surface area contributed by atoms with Crippen molar-refractivity contribution in [1.82, 2.24) is 25.9 Å². The minimum absolute atomic E-state index is 0.181. The van der Waals surface area contributed by atoms with Gasteiger partial charge in [0.1, 0.15) is 6.29 Å². The molecule has 0 saturated carbocycles. The van der Waals surface area contributed by atoms with Gasteiger partial charge in [-0.05, 0) is 12.1 Å². The summed E-state index contributed by atoms with van der Waals surface area (Å²) in [5, 5.41) is 15.7. The van der Waals surface area contributed by atoms with Crippen molar-refractivity contribution in [2.75, 3.05) is 0 Å². The zero-order valence-corrected chi connectivity index (χ0v) is 8.75. The Labute approximate surface area is 96.2 Å². The Balaban J connectivity index is 2.01. The lowest BCUT2D eigenvalue weighted by atomic mass is 10.1. The number of aromatic amines is 1. The first-order valence-corrected chi connectivity index (χ1v) is 4.85. The first-order chi connectivity index (χ1) is 8.29. The maximum atomic E-state index is 11.7. The molecule has 0 atom stereocenters. The van der Waals surface area contributed by atoms with Crippen LogP contribution in [0.5, 0.6) is 0 Å². The number of aldehydes is 1. The SMILES string of the molecule is O=Cc1cccc(C(=O)NCc2nn[nH]n2)c1. The maximum absolute atomic E-state index is 11.7. The van der Waals surface area contributed by atoms with Gasteiger partial charge in [0.25, 0.3) is 5.91 Å². The van der Waals surface area contributed by atoms with Crippen molar-refractivity contribution in [3.63, 3.8) is 0 Å². The van der Waals surface area contributed by atoms with Crippen LogP contribution in [0.25, 0.3) is 0 Å². The molecule has 0 saturated heterocycles. The van der Waals surface area contributed by atoms with Gasteiger partial charge in [0, 0.05) is 11.1 Å². The van der Waals surface area contributed by atoms with E-state index in [-0.39, 0.29) is 12.5 Å². The third-order valence-electron chi connectivity index (χ3n) is 2.08. The highest BCUT2D eigenvalue weighted by molar-refractivity contribution is 5.95. The van der Waals surface area contributed by atoms with E-state index in [4.69, 9.17) is 0 Å². The summed E-state index contributed by atoms with van der Waals surface area (Å²) < 4.78 is 0. The monoisotopic (exact) mass is 231 g/mol. The van der Waals surface area contributed by atoms with Crippen molar-refractivity contribution in [2.24, 2.45) is 0 Å². The van der Waals surface area contributed by atoms with Crippen molar-refractivity contribution in [1.29, 1.82) is 0 Å². The van der Waals surface area contributed by atoms with Crippen LogP contribution in [-0.2, 0) is 6.54 Å². The van der Waals surface area contributed by atoms with Gasteiger partial charge in [0.15, 0.2) is 5.82 Å². The van der Waals surface area contributed by atoms with Gasteiger partial charge in [-0.1, -0.05) is 17.3 Å². The summed E-state index contributed by atoms with van der Waals surface area (Å²) in [5.74, 6) is 0.100.